The highest BCUT2D eigenvalue weighted by atomic mass is 32.2. The quantitative estimate of drug-likeness (QED) is 0.292. The first kappa shape index (κ1) is 30.9. The van der Waals surface area contributed by atoms with E-state index in [-0.39, 0.29) is 23.4 Å². The number of carbonyl (C=O) groups excluding carboxylic acids is 2. The number of aryl methyl sites for hydroxylation is 1. The number of hydrogen-bond acceptors (Lipinski definition) is 4. The number of anilines is 1. The maximum Gasteiger partial charge on any atom is 0.264 e. The molecule has 0 unspecified atom stereocenters. The second kappa shape index (κ2) is 14.7. The van der Waals surface area contributed by atoms with Crippen LogP contribution in [-0.4, -0.2) is 50.3 Å². The molecule has 0 radical (unpaired) electrons. The molecule has 2 amide bonds. The number of sulfonamides is 1. The number of benzene rings is 3. The third kappa shape index (κ3) is 7.94. The topological polar surface area (TPSA) is 86.8 Å². The van der Waals surface area contributed by atoms with Gasteiger partial charge in [-0.3, -0.25) is 13.9 Å². The standard InChI is InChI=1S/C32H41N3O4S/c1-5-25(4)33-32(37)30(7-3)34(23-22-27-14-10-8-11-15-27)31(36)24-35(28-20-18-26(6-2)19-21-28)40(38,39)29-16-12-9-13-17-29/h8-21,25,30H,5-7,22-24H2,1-4H3,(H,33,37)/t25-,30-/m1/s1. The van der Waals surface area contributed by atoms with Crippen LogP contribution in [0.15, 0.2) is 89.8 Å². The molecular weight excluding hydrogens is 522 g/mol. The van der Waals surface area contributed by atoms with Gasteiger partial charge in [0.05, 0.1) is 10.6 Å². The molecule has 0 saturated heterocycles. The number of rotatable bonds is 14. The minimum Gasteiger partial charge on any atom is -0.352 e. The van der Waals surface area contributed by atoms with E-state index >= 15 is 0 Å². The first-order chi connectivity index (χ1) is 19.2. The molecule has 3 rings (SSSR count). The molecule has 0 aliphatic rings. The third-order valence-electron chi connectivity index (χ3n) is 7.11. The maximum absolute atomic E-state index is 14.0. The smallest absolute Gasteiger partial charge is 0.264 e. The zero-order valence-corrected chi connectivity index (χ0v) is 24.7. The normalized spacial score (nSPS) is 12.8. The average molecular weight is 564 g/mol. The number of hydrogen-bond donors (Lipinski definition) is 1. The second-order valence-electron chi connectivity index (χ2n) is 9.91. The minimum atomic E-state index is -4.06. The Kier molecular flexibility index (Phi) is 11.3. The van der Waals surface area contributed by atoms with Crippen molar-refractivity contribution in [3.05, 3.63) is 96.1 Å². The molecule has 2 atom stereocenters. The summed E-state index contributed by atoms with van der Waals surface area (Å²) in [4.78, 5) is 29.0. The molecule has 0 fully saturated rings. The monoisotopic (exact) mass is 563 g/mol. The van der Waals surface area contributed by atoms with Crippen molar-refractivity contribution in [2.45, 2.75) is 70.4 Å². The Bertz CT molecular complexity index is 1330. The molecular formula is C32H41N3O4S. The van der Waals surface area contributed by atoms with Crippen LogP contribution in [0.5, 0.6) is 0 Å². The predicted molar refractivity (Wildman–Crippen MR) is 161 cm³/mol. The number of carbonyl (C=O) groups is 2. The summed E-state index contributed by atoms with van der Waals surface area (Å²) < 4.78 is 28.9. The number of nitrogens with one attached hydrogen (secondary N) is 1. The molecule has 3 aromatic carbocycles. The highest BCUT2D eigenvalue weighted by molar-refractivity contribution is 7.92. The molecule has 0 aromatic heterocycles. The molecule has 0 heterocycles. The van der Waals surface area contributed by atoms with Gasteiger partial charge in [-0.25, -0.2) is 8.42 Å². The second-order valence-corrected chi connectivity index (χ2v) is 11.8. The lowest BCUT2D eigenvalue weighted by Crippen LogP contribution is -2.54. The lowest BCUT2D eigenvalue weighted by Gasteiger charge is -2.33. The predicted octanol–water partition coefficient (Wildman–Crippen LogP) is 5.21. The summed E-state index contributed by atoms with van der Waals surface area (Å²) in [6.45, 7) is 7.66. The van der Waals surface area contributed by atoms with Crippen molar-refractivity contribution in [3.8, 4) is 0 Å². The Morgan fingerprint density at radius 2 is 1.40 bits per heavy atom. The Hall–Kier alpha value is -3.65. The summed E-state index contributed by atoms with van der Waals surface area (Å²) in [5.74, 6) is -0.663. The van der Waals surface area contributed by atoms with Crippen molar-refractivity contribution in [2.24, 2.45) is 0 Å². The van der Waals surface area contributed by atoms with Crippen LogP contribution in [0.3, 0.4) is 0 Å². The third-order valence-corrected chi connectivity index (χ3v) is 8.90. The minimum absolute atomic E-state index is 0.0420. The highest BCUT2D eigenvalue weighted by Gasteiger charge is 2.33. The Labute approximate surface area is 239 Å². The number of amides is 2. The van der Waals surface area contributed by atoms with Crippen molar-refractivity contribution >= 4 is 27.5 Å². The van der Waals surface area contributed by atoms with Crippen LogP contribution in [-0.2, 0) is 32.5 Å². The van der Waals surface area contributed by atoms with Gasteiger partial charge in [-0.2, -0.15) is 0 Å². The Balaban J connectivity index is 1.99. The van der Waals surface area contributed by atoms with Crippen LogP contribution in [0.4, 0.5) is 5.69 Å². The van der Waals surface area contributed by atoms with Gasteiger partial charge in [-0.1, -0.05) is 81.4 Å². The number of nitrogens with zero attached hydrogens (tertiary/aromatic N) is 2. The van der Waals surface area contributed by atoms with E-state index in [0.717, 1.165) is 28.3 Å². The molecule has 40 heavy (non-hydrogen) atoms. The van der Waals surface area contributed by atoms with Gasteiger partial charge in [0.25, 0.3) is 10.0 Å². The van der Waals surface area contributed by atoms with E-state index in [4.69, 9.17) is 0 Å². The van der Waals surface area contributed by atoms with Crippen molar-refractivity contribution in [1.82, 2.24) is 10.2 Å². The summed E-state index contributed by atoms with van der Waals surface area (Å²) in [6, 6.07) is 24.3. The zero-order chi connectivity index (χ0) is 29.1. The molecule has 0 aliphatic carbocycles. The summed E-state index contributed by atoms with van der Waals surface area (Å²) >= 11 is 0. The summed E-state index contributed by atoms with van der Waals surface area (Å²) in [7, 11) is -4.06. The van der Waals surface area contributed by atoms with Crippen LogP contribution in [0, 0.1) is 0 Å². The van der Waals surface area contributed by atoms with Crippen molar-refractivity contribution in [1.29, 1.82) is 0 Å². The molecule has 1 N–H and O–H groups in total. The van der Waals surface area contributed by atoms with Gasteiger partial charge in [0, 0.05) is 12.6 Å². The van der Waals surface area contributed by atoms with Gasteiger partial charge in [0.2, 0.25) is 11.8 Å². The fourth-order valence-corrected chi connectivity index (χ4v) is 5.92. The van der Waals surface area contributed by atoms with Crippen LogP contribution in [0.1, 0.15) is 51.7 Å². The fourth-order valence-electron chi connectivity index (χ4n) is 4.48. The van der Waals surface area contributed by atoms with Crippen LogP contribution >= 0.6 is 0 Å². The molecule has 8 heteroatoms. The first-order valence-corrected chi connectivity index (χ1v) is 15.5. The lowest BCUT2D eigenvalue weighted by atomic mass is 10.1. The van der Waals surface area contributed by atoms with Gasteiger partial charge < -0.3 is 10.2 Å². The largest absolute Gasteiger partial charge is 0.352 e. The molecule has 0 saturated carbocycles. The first-order valence-electron chi connectivity index (χ1n) is 14.0. The van der Waals surface area contributed by atoms with E-state index in [1.165, 1.54) is 12.1 Å². The maximum atomic E-state index is 14.0. The van der Waals surface area contributed by atoms with E-state index in [1.807, 2.05) is 70.2 Å². The van der Waals surface area contributed by atoms with Gasteiger partial charge in [0.1, 0.15) is 12.6 Å². The van der Waals surface area contributed by atoms with Crippen molar-refractivity contribution < 1.29 is 18.0 Å². The van der Waals surface area contributed by atoms with Crippen LogP contribution in [0.2, 0.25) is 0 Å². The summed E-state index contributed by atoms with van der Waals surface area (Å²) in [5.41, 5.74) is 2.49. The zero-order valence-electron chi connectivity index (χ0n) is 23.9. The van der Waals surface area contributed by atoms with Gasteiger partial charge in [0.15, 0.2) is 0 Å². The Morgan fingerprint density at radius 3 is 1.95 bits per heavy atom. The SMILES string of the molecule is CCc1ccc(N(CC(=O)N(CCc2ccccc2)[C@H](CC)C(=O)N[C@H](C)CC)S(=O)(=O)c2ccccc2)cc1. The Morgan fingerprint density at radius 1 is 0.800 bits per heavy atom. The van der Waals surface area contributed by atoms with Gasteiger partial charge >= 0.3 is 0 Å². The summed E-state index contributed by atoms with van der Waals surface area (Å²) in [6.07, 6.45) is 2.51. The van der Waals surface area contributed by atoms with Crippen LogP contribution < -0.4 is 9.62 Å². The molecule has 0 spiro atoms. The fraction of sp³-hybridized carbons (Fsp3) is 0.375. The average Bonchev–Trinajstić information content (AvgIpc) is 2.98. The molecule has 214 valence electrons. The van der Waals surface area contributed by atoms with E-state index < -0.39 is 28.5 Å². The van der Waals surface area contributed by atoms with E-state index in [0.29, 0.717) is 18.5 Å². The van der Waals surface area contributed by atoms with Gasteiger partial charge in [-0.05, 0) is 68.0 Å². The van der Waals surface area contributed by atoms with Gasteiger partial charge in [-0.15, -0.1) is 0 Å². The molecule has 0 aliphatic heterocycles. The molecule has 7 nitrogen and oxygen atoms in total. The van der Waals surface area contributed by atoms with Crippen LogP contribution in [0.25, 0.3) is 0 Å². The van der Waals surface area contributed by atoms with E-state index in [1.54, 1.807) is 35.2 Å². The van der Waals surface area contributed by atoms with E-state index in [9.17, 15) is 18.0 Å². The molecule has 3 aromatic rings. The lowest BCUT2D eigenvalue weighted by molar-refractivity contribution is -0.139. The van der Waals surface area contributed by atoms with Crippen molar-refractivity contribution in [3.63, 3.8) is 0 Å². The van der Waals surface area contributed by atoms with E-state index in [2.05, 4.69) is 5.32 Å². The van der Waals surface area contributed by atoms with Crippen molar-refractivity contribution in [2.75, 3.05) is 17.4 Å². The highest BCUT2D eigenvalue weighted by Crippen LogP contribution is 2.25. The summed E-state index contributed by atoms with van der Waals surface area (Å²) in [5, 5.41) is 3.00. The molecule has 0 bridgehead atoms.